The monoisotopic (exact) mass is 205 g/mol. The summed E-state index contributed by atoms with van der Waals surface area (Å²) < 4.78 is 1.98. The van der Waals surface area contributed by atoms with Gasteiger partial charge in [-0.25, -0.2) is 4.98 Å². The zero-order valence-electron chi connectivity index (χ0n) is 8.72. The first-order valence-corrected chi connectivity index (χ1v) is 4.97. The van der Waals surface area contributed by atoms with E-state index in [1.165, 1.54) is 0 Å². The molecule has 80 valence electrons. The molecule has 0 spiro atoms. The fraction of sp³-hybridized carbons (Fsp3) is 0.364. The van der Waals surface area contributed by atoms with Crippen LogP contribution in [-0.2, 0) is 13.5 Å². The van der Waals surface area contributed by atoms with Gasteiger partial charge in [-0.05, 0) is 24.1 Å². The van der Waals surface area contributed by atoms with E-state index in [4.69, 9.17) is 10.8 Å². The van der Waals surface area contributed by atoms with Gasteiger partial charge in [0.1, 0.15) is 0 Å². The Morgan fingerprint density at radius 3 is 3.07 bits per heavy atom. The summed E-state index contributed by atoms with van der Waals surface area (Å²) in [5.74, 6) is 0. The van der Waals surface area contributed by atoms with Crippen molar-refractivity contribution in [2.24, 2.45) is 12.8 Å². The number of benzene rings is 1. The molecule has 4 heteroatoms. The van der Waals surface area contributed by atoms with Gasteiger partial charge in [0.15, 0.2) is 0 Å². The van der Waals surface area contributed by atoms with E-state index in [2.05, 4.69) is 4.98 Å². The number of rotatable bonds is 3. The van der Waals surface area contributed by atoms with Crippen LogP contribution in [0.4, 0.5) is 0 Å². The average Bonchev–Trinajstić information content (AvgIpc) is 2.60. The molecular weight excluding hydrogens is 190 g/mol. The average molecular weight is 205 g/mol. The van der Waals surface area contributed by atoms with Crippen molar-refractivity contribution in [3.8, 4) is 0 Å². The van der Waals surface area contributed by atoms with E-state index in [9.17, 15) is 0 Å². The number of fused-ring (bicyclic) bond motifs is 1. The number of aliphatic hydroxyl groups is 1. The molecule has 0 amide bonds. The van der Waals surface area contributed by atoms with Crippen LogP contribution in [0, 0.1) is 0 Å². The predicted molar refractivity (Wildman–Crippen MR) is 59.5 cm³/mol. The molecule has 0 saturated carbocycles. The molecule has 2 rings (SSSR count). The third kappa shape index (κ3) is 2.00. The summed E-state index contributed by atoms with van der Waals surface area (Å²) in [5.41, 5.74) is 8.87. The Morgan fingerprint density at radius 1 is 1.53 bits per heavy atom. The minimum absolute atomic E-state index is 0.0141. The fourth-order valence-corrected chi connectivity index (χ4v) is 1.68. The van der Waals surface area contributed by atoms with Gasteiger partial charge >= 0.3 is 0 Å². The number of nitrogens with zero attached hydrogens (tertiary/aromatic N) is 2. The molecule has 0 bridgehead atoms. The van der Waals surface area contributed by atoms with Gasteiger partial charge in [0.05, 0.1) is 24.0 Å². The van der Waals surface area contributed by atoms with Crippen molar-refractivity contribution < 1.29 is 5.11 Å². The van der Waals surface area contributed by atoms with E-state index in [0.717, 1.165) is 16.6 Å². The van der Waals surface area contributed by atoms with E-state index < -0.39 is 0 Å². The van der Waals surface area contributed by atoms with Crippen LogP contribution >= 0.6 is 0 Å². The van der Waals surface area contributed by atoms with Crippen LogP contribution in [0.1, 0.15) is 5.56 Å². The van der Waals surface area contributed by atoms with Gasteiger partial charge in [0.2, 0.25) is 0 Å². The molecule has 1 aromatic carbocycles. The Morgan fingerprint density at radius 2 is 2.33 bits per heavy atom. The largest absolute Gasteiger partial charge is 0.395 e. The maximum absolute atomic E-state index is 8.87. The van der Waals surface area contributed by atoms with Gasteiger partial charge in [-0.1, -0.05) is 6.07 Å². The number of hydrogen-bond donors (Lipinski definition) is 2. The first-order valence-electron chi connectivity index (χ1n) is 4.97. The van der Waals surface area contributed by atoms with E-state index in [0.29, 0.717) is 6.42 Å². The van der Waals surface area contributed by atoms with Gasteiger partial charge in [0.25, 0.3) is 0 Å². The van der Waals surface area contributed by atoms with Gasteiger partial charge < -0.3 is 15.4 Å². The second-order valence-electron chi connectivity index (χ2n) is 3.83. The van der Waals surface area contributed by atoms with Crippen LogP contribution < -0.4 is 5.73 Å². The van der Waals surface area contributed by atoms with Crippen molar-refractivity contribution in [3.63, 3.8) is 0 Å². The lowest BCUT2D eigenvalue weighted by Crippen LogP contribution is -2.26. The lowest BCUT2D eigenvalue weighted by atomic mass is 10.1. The Kier molecular flexibility index (Phi) is 2.70. The second-order valence-corrected chi connectivity index (χ2v) is 3.83. The van der Waals surface area contributed by atoms with Crippen molar-refractivity contribution in [1.29, 1.82) is 0 Å². The first-order chi connectivity index (χ1) is 7.20. The molecule has 1 atom stereocenters. The Hall–Kier alpha value is -1.39. The highest BCUT2D eigenvalue weighted by atomic mass is 16.3. The smallest absolute Gasteiger partial charge is 0.0955 e. The molecule has 15 heavy (non-hydrogen) atoms. The predicted octanol–water partition coefficient (Wildman–Crippen LogP) is 0.435. The van der Waals surface area contributed by atoms with Gasteiger partial charge in [-0.15, -0.1) is 0 Å². The second kappa shape index (κ2) is 4.00. The molecule has 0 saturated heterocycles. The summed E-state index contributed by atoms with van der Waals surface area (Å²) in [4.78, 5) is 4.27. The summed E-state index contributed by atoms with van der Waals surface area (Å²) in [6, 6.07) is 5.89. The molecule has 0 aliphatic carbocycles. The number of imidazole rings is 1. The van der Waals surface area contributed by atoms with Gasteiger partial charge in [0, 0.05) is 13.1 Å². The van der Waals surface area contributed by atoms with Crippen LogP contribution in [-0.4, -0.2) is 27.3 Å². The topological polar surface area (TPSA) is 64.1 Å². The van der Waals surface area contributed by atoms with Gasteiger partial charge in [-0.2, -0.15) is 0 Å². The highest BCUT2D eigenvalue weighted by Crippen LogP contribution is 2.14. The van der Waals surface area contributed by atoms with E-state index in [1.54, 1.807) is 6.33 Å². The summed E-state index contributed by atoms with van der Waals surface area (Å²) in [7, 11) is 1.97. The van der Waals surface area contributed by atoms with Crippen LogP contribution in [0.15, 0.2) is 24.5 Å². The Balaban J connectivity index is 2.31. The molecule has 0 radical (unpaired) electrons. The quantitative estimate of drug-likeness (QED) is 0.764. The molecule has 1 heterocycles. The van der Waals surface area contributed by atoms with E-state index >= 15 is 0 Å². The van der Waals surface area contributed by atoms with Crippen molar-refractivity contribution in [2.45, 2.75) is 12.5 Å². The number of aliphatic hydroxyl groups excluding tert-OH is 1. The molecule has 0 aliphatic rings. The fourth-order valence-electron chi connectivity index (χ4n) is 1.68. The summed E-state index contributed by atoms with van der Waals surface area (Å²) in [6.07, 6.45) is 2.48. The van der Waals surface area contributed by atoms with Crippen LogP contribution in [0.5, 0.6) is 0 Å². The van der Waals surface area contributed by atoms with Crippen molar-refractivity contribution >= 4 is 11.0 Å². The summed E-state index contributed by atoms with van der Waals surface area (Å²) >= 11 is 0. The zero-order chi connectivity index (χ0) is 10.8. The minimum Gasteiger partial charge on any atom is -0.395 e. The standard InChI is InChI=1S/C11H15N3O/c1-14-7-13-10-5-8(2-3-11(10)14)4-9(12)6-15/h2-3,5,7,9,15H,4,6,12H2,1H3. The number of nitrogens with two attached hydrogens (primary N) is 1. The highest BCUT2D eigenvalue weighted by molar-refractivity contribution is 5.75. The van der Waals surface area contributed by atoms with Crippen LogP contribution in [0.2, 0.25) is 0 Å². The summed E-state index contributed by atoms with van der Waals surface area (Å²) in [5, 5.41) is 8.87. The third-order valence-corrected chi connectivity index (χ3v) is 2.52. The maximum Gasteiger partial charge on any atom is 0.0955 e. The molecule has 1 aromatic heterocycles. The third-order valence-electron chi connectivity index (χ3n) is 2.52. The highest BCUT2D eigenvalue weighted by Gasteiger charge is 2.05. The van der Waals surface area contributed by atoms with Crippen LogP contribution in [0.3, 0.4) is 0 Å². The zero-order valence-corrected chi connectivity index (χ0v) is 8.72. The molecule has 0 aliphatic heterocycles. The number of hydrogen-bond acceptors (Lipinski definition) is 3. The maximum atomic E-state index is 8.87. The van der Waals surface area contributed by atoms with Crippen LogP contribution in [0.25, 0.3) is 11.0 Å². The lowest BCUT2D eigenvalue weighted by molar-refractivity contribution is 0.265. The lowest BCUT2D eigenvalue weighted by Gasteiger charge is -2.07. The molecule has 1 unspecified atom stereocenters. The van der Waals surface area contributed by atoms with E-state index in [1.807, 2.05) is 29.8 Å². The van der Waals surface area contributed by atoms with Crippen molar-refractivity contribution in [2.75, 3.05) is 6.61 Å². The normalized spacial score (nSPS) is 13.3. The van der Waals surface area contributed by atoms with E-state index in [-0.39, 0.29) is 12.6 Å². The molecule has 3 N–H and O–H groups in total. The molecule has 0 fully saturated rings. The SMILES string of the molecule is Cn1cnc2cc(CC(N)CO)ccc21. The molecule has 4 nitrogen and oxygen atoms in total. The minimum atomic E-state index is -0.189. The number of aromatic nitrogens is 2. The van der Waals surface area contributed by atoms with Crippen molar-refractivity contribution in [1.82, 2.24) is 9.55 Å². The first kappa shape index (κ1) is 10.1. The Labute approximate surface area is 88.3 Å². The van der Waals surface area contributed by atoms with Gasteiger partial charge in [-0.3, -0.25) is 0 Å². The number of aryl methyl sites for hydroxylation is 1. The summed E-state index contributed by atoms with van der Waals surface area (Å²) in [6.45, 7) is 0.0141. The molecule has 2 aromatic rings. The Bertz CT molecular complexity index is 464. The van der Waals surface area contributed by atoms with Crippen molar-refractivity contribution in [3.05, 3.63) is 30.1 Å². The molecular formula is C11H15N3O.